The molecule has 142 valence electrons. The van der Waals surface area contributed by atoms with Gasteiger partial charge in [0.25, 0.3) is 5.69 Å². The van der Waals surface area contributed by atoms with Crippen molar-refractivity contribution in [2.24, 2.45) is 5.10 Å². The summed E-state index contributed by atoms with van der Waals surface area (Å²) in [5.74, 6) is 0.698. The van der Waals surface area contributed by atoms with E-state index in [2.05, 4.69) is 31.4 Å². The first-order valence-corrected chi connectivity index (χ1v) is 8.87. The molecule has 0 aliphatic heterocycles. The highest BCUT2D eigenvalue weighted by Gasteiger charge is 2.05. The quantitative estimate of drug-likeness (QED) is 0.317. The fourth-order valence-electron chi connectivity index (χ4n) is 2.24. The monoisotopic (exact) mass is 444 g/mol. The molecule has 0 unspecified atom stereocenters. The van der Waals surface area contributed by atoms with Crippen LogP contribution in [0.3, 0.4) is 0 Å². The van der Waals surface area contributed by atoms with Gasteiger partial charge >= 0.3 is 0 Å². The zero-order valence-electron chi connectivity index (χ0n) is 14.4. The first-order valence-electron chi connectivity index (χ1n) is 8.07. The zero-order valence-corrected chi connectivity index (χ0v) is 16.0. The molecule has 0 aliphatic rings. The molecule has 2 aromatic carbocycles. The Hall–Kier alpha value is -3.33. The number of halogens is 2. The number of hydrogen-bond donors (Lipinski definition) is 1. The zero-order chi connectivity index (χ0) is 19.9. The lowest BCUT2D eigenvalue weighted by Crippen LogP contribution is -1.97. The highest BCUT2D eigenvalue weighted by molar-refractivity contribution is 9.10. The maximum atomic E-state index is 13.2. The van der Waals surface area contributed by atoms with Gasteiger partial charge in [-0.05, 0) is 63.5 Å². The van der Waals surface area contributed by atoms with Gasteiger partial charge in [-0.25, -0.2) is 9.37 Å². The number of anilines is 1. The first-order chi connectivity index (χ1) is 13.5. The van der Waals surface area contributed by atoms with E-state index in [1.165, 1.54) is 24.3 Å². The van der Waals surface area contributed by atoms with Crippen molar-refractivity contribution in [3.63, 3.8) is 0 Å². The molecule has 28 heavy (non-hydrogen) atoms. The van der Waals surface area contributed by atoms with Crippen LogP contribution in [0.2, 0.25) is 0 Å². The van der Waals surface area contributed by atoms with E-state index in [1.54, 1.807) is 30.5 Å². The molecule has 3 aromatic rings. The number of rotatable bonds is 7. The van der Waals surface area contributed by atoms with Gasteiger partial charge in [0, 0.05) is 6.07 Å². The van der Waals surface area contributed by atoms with Gasteiger partial charge in [0.1, 0.15) is 30.2 Å². The van der Waals surface area contributed by atoms with Crippen LogP contribution in [0.25, 0.3) is 0 Å². The van der Waals surface area contributed by atoms with Crippen LogP contribution in [-0.4, -0.2) is 16.1 Å². The van der Waals surface area contributed by atoms with Crippen molar-refractivity contribution in [1.82, 2.24) is 4.98 Å². The van der Waals surface area contributed by atoms with Gasteiger partial charge in [-0.15, -0.1) is 0 Å². The van der Waals surface area contributed by atoms with E-state index >= 15 is 0 Å². The molecule has 0 amide bonds. The molecule has 1 N–H and O–H groups in total. The lowest BCUT2D eigenvalue weighted by Gasteiger charge is -2.09. The molecule has 1 heterocycles. The summed E-state index contributed by atoms with van der Waals surface area (Å²) in [6, 6.07) is 14.4. The summed E-state index contributed by atoms with van der Waals surface area (Å²) in [4.78, 5) is 14.0. The van der Waals surface area contributed by atoms with Crippen molar-refractivity contribution in [2.45, 2.75) is 6.61 Å². The average molecular weight is 445 g/mol. The smallest absolute Gasteiger partial charge is 0.287 e. The molecule has 0 fully saturated rings. The van der Waals surface area contributed by atoms with Crippen molar-refractivity contribution in [2.75, 3.05) is 5.43 Å². The van der Waals surface area contributed by atoms with Gasteiger partial charge in [-0.2, -0.15) is 5.10 Å². The molecular weight excluding hydrogens is 431 g/mol. The van der Waals surface area contributed by atoms with Crippen molar-refractivity contribution in [1.29, 1.82) is 0 Å². The summed E-state index contributed by atoms with van der Waals surface area (Å²) in [6.45, 7) is 0.247. The highest BCUT2D eigenvalue weighted by Crippen LogP contribution is 2.26. The number of ether oxygens (including phenoxy) is 1. The summed E-state index contributed by atoms with van der Waals surface area (Å²) >= 11 is 3.44. The number of nitrogens with one attached hydrogen (secondary N) is 1. The molecule has 1 aromatic heterocycles. The molecule has 0 atom stereocenters. The largest absolute Gasteiger partial charge is 0.488 e. The summed E-state index contributed by atoms with van der Waals surface area (Å²) in [6.07, 6.45) is 2.73. The van der Waals surface area contributed by atoms with Crippen molar-refractivity contribution < 1.29 is 14.1 Å². The maximum absolute atomic E-state index is 13.2. The number of aromatic nitrogens is 1. The minimum atomic E-state index is -0.518. The van der Waals surface area contributed by atoms with E-state index in [-0.39, 0.29) is 18.1 Å². The summed E-state index contributed by atoms with van der Waals surface area (Å²) in [5.41, 5.74) is 4.13. The molecule has 7 nitrogen and oxygen atoms in total. The van der Waals surface area contributed by atoms with E-state index < -0.39 is 4.92 Å². The standard InChI is InChI=1S/C19H14BrFN4O3/c20-17-9-13(10-23-24-19-7-5-16(11-22-19)25(26)27)4-6-18(17)28-12-14-2-1-3-15(21)8-14/h1-11H,12H2,(H,22,24)/b23-10+. The second-order valence-corrected chi connectivity index (χ2v) is 6.49. The third kappa shape index (κ3) is 5.34. The lowest BCUT2D eigenvalue weighted by atomic mass is 10.2. The Morgan fingerprint density at radius 2 is 2.11 bits per heavy atom. The van der Waals surface area contributed by atoms with Crippen LogP contribution in [0.15, 0.2) is 70.4 Å². The third-order valence-corrected chi connectivity index (χ3v) is 4.21. The number of hydrogen-bond acceptors (Lipinski definition) is 6. The topological polar surface area (TPSA) is 89.7 Å². The second kappa shape index (κ2) is 9.05. The van der Waals surface area contributed by atoms with Crippen LogP contribution in [0, 0.1) is 15.9 Å². The Morgan fingerprint density at radius 3 is 2.79 bits per heavy atom. The van der Waals surface area contributed by atoms with Gasteiger partial charge in [0.2, 0.25) is 0 Å². The molecular formula is C19H14BrFN4O3. The van der Waals surface area contributed by atoms with E-state index in [4.69, 9.17) is 4.74 Å². The van der Waals surface area contributed by atoms with Crippen LogP contribution in [0.4, 0.5) is 15.9 Å². The Kier molecular flexibility index (Phi) is 6.28. The van der Waals surface area contributed by atoms with Crippen LogP contribution in [-0.2, 0) is 6.61 Å². The van der Waals surface area contributed by atoms with E-state index in [0.29, 0.717) is 11.6 Å². The minimum Gasteiger partial charge on any atom is -0.488 e. The summed E-state index contributed by atoms with van der Waals surface area (Å²) < 4.78 is 19.6. The van der Waals surface area contributed by atoms with E-state index in [0.717, 1.165) is 21.8 Å². The molecule has 0 bridgehead atoms. The predicted molar refractivity (Wildman–Crippen MR) is 107 cm³/mol. The number of hydrazone groups is 1. The van der Waals surface area contributed by atoms with Gasteiger partial charge in [-0.3, -0.25) is 15.5 Å². The molecule has 3 rings (SSSR count). The second-order valence-electron chi connectivity index (χ2n) is 5.64. The van der Waals surface area contributed by atoms with Gasteiger partial charge in [0.15, 0.2) is 0 Å². The van der Waals surface area contributed by atoms with Crippen molar-refractivity contribution in [3.8, 4) is 5.75 Å². The minimum absolute atomic E-state index is 0.0905. The molecule has 9 heteroatoms. The number of nitrogens with zero attached hydrogens (tertiary/aromatic N) is 3. The predicted octanol–water partition coefficient (Wildman–Crippen LogP) is 4.92. The number of benzene rings is 2. The molecule has 0 saturated heterocycles. The van der Waals surface area contributed by atoms with Crippen molar-refractivity contribution >= 4 is 33.6 Å². The molecule has 0 spiro atoms. The number of pyridine rings is 1. The summed E-state index contributed by atoms with van der Waals surface area (Å²) in [5, 5.41) is 14.6. The van der Waals surface area contributed by atoms with E-state index in [1.807, 2.05) is 6.07 Å². The van der Waals surface area contributed by atoms with Crippen molar-refractivity contribution in [3.05, 3.63) is 92.3 Å². The maximum Gasteiger partial charge on any atom is 0.287 e. The first kappa shape index (κ1) is 19.4. The normalized spacial score (nSPS) is 10.8. The van der Waals surface area contributed by atoms with Gasteiger partial charge in [0.05, 0.1) is 15.6 Å². The van der Waals surface area contributed by atoms with Crippen LogP contribution < -0.4 is 10.2 Å². The fraction of sp³-hybridized carbons (Fsp3) is 0.0526. The number of nitro groups is 1. The van der Waals surface area contributed by atoms with Crippen LogP contribution in [0.1, 0.15) is 11.1 Å². The molecule has 0 aliphatic carbocycles. The van der Waals surface area contributed by atoms with Gasteiger partial charge in [-0.1, -0.05) is 12.1 Å². The SMILES string of the molecule is O=[N+]([O-])c1ccc(N/N=C/c2ccc(OCc3cccc(F)c3)c(Br)c2)nc1. The Balaban J connectivity index is 1.58. The van der Waals surface area contributed by atoms with Crippen LogP contribution in [0.5, 0.6) is 5.75 Å². The van der Waals surface area contributed by atoms with E-state index in [9.17, 15) is 14.5 Å². The molecule has 0 radical (unpaired) electrons. The Morgan fingerprint density at radius 1 is 1.25 bits per heavy atom. The third-order valence-electron chi connectivity index (χ3n) is 3.59. The lowest BCUT2D eigenvalue weighted by molar-refractivity contribution is -0.385. The Labute approximate surface area is 168 Å². The van der Waals surface area contributed by atoms with Crippen LogP contribution >= 0.6 is 15.9 Å². The summed E-state index contributed by atoms with van der Waals surface area (Å²) in [7, 11) is 0. The fourth-order valence-corrected chi connectivity index (χ4v) is 2.75. The van der Waals surface area contributed by atoms with Gasteiger partial charge < -0.3 is 4.74 Å². The Bertz CT molecular complexity index is 1010. The highest BCUT2D eigenvalue weighted by atomic mass is 79.9. The molecule has 0 saturated carbocycles. The average Bonchev–Trinajstić information content (AvgIpc) is 2.68.